The standard InChI is InChI=1S/C19H18F2N4O2S/c20-12-3-6-16(23-9-12)17(26)24-13-4-5-15(21)14(8-13)19-11(2-1-7-27-19)10-28-18(22)25-19/h3-6,8-9,11H,1-2,7,10H2,(H2,22,25)(H,24,26)/t11-,19+/m0/s1. The van der Waals surface area contributed by atoms with Crippen molar-refractivity contribution < 1.29 is 18.3 Å². The van der Waals surface area contributed by atoms with Gasteiger partial charge in [-0.3, -0.25) is 4.79 Å². The van der Waals surface area contributed by atoms with Gasteiger partial charge in [0.25, 0.3) is 5.91 Å². The normalized spacial score (nSPS) is 24.2. The minimum absolute atomic E-state index is 0.0160. The fourth-order valence-corrected chi connectivity index (χ4v) is 4.48. The summed E-state index contributed by atoms with van der Waals surface area (Å²) in [5.74, 6) is -0.875. The van der Waals surface area contributed by atoms with Gasteiger partial charge in [0, 0.05) is 29.5 Å². The predicted molar refractivity (Wildman–Crippen MR) is 103 cm³/mol. The Hall–Kier alpha value is -2.52. The third kappa shape index (κ3) is 3.47. The van der Waals surface area contributed by atoms with Crippen molar-refractivity contribution in [1.29, 1.82) is 0 Å². The molecule has 3 N–H and O–H groups in total. The first-order valence-electron chi connectivity index (χ1n) is 8.83. The molecule has 1 aromatic carbocycles. The van der Waals surface area contributed by atoms with Gasteiger partial charge in [-0.1, -0.05) is 11.8 Å². The SMILES string of the molecule is NC1=N[C@@]2(c3cc(NC(=O)c4ccc(F)cn4)ccc3F)OCCC[C@H]2CS1. The van der Waals surface area contributed by atoms with Gasteiger partial charge in [0.15, 0.2) is 10.9 Å². The number of nitrogens with one attached hydrogen (secondary N) is 1. The molecule has 1 aromatic heterocycles. The Morgan fingerprint density at radius 3 is 2.96 bits per heavy atom. The number of nitrogens with two attached hydrogens (primary N) is 1. The number of amides is 1. The zero-order valence-corrected chi connectivity index (χ0v) is 15.6. The van der Waals surface area contributed by atoms with Gasteiger partial charge >= 0.3 is 0 Å². The first-order chi connectivity index (χ1) is 13.5. The zero-order valence-electron chi connectivity index (χ0n) is 14.8. The number of pyridine rings is 1. The van der Waals surface area contributed by atoms with Crippen LogP contribution in [0.2, 0.25) is 0 Å². The van der Waals surface area contributed by atoms with Gasteiger partial charge in [-0.05, 0) is 43.2 Å². The number of thioether (sulfide) groups is 1. The van der Waals surface area contributed by atoms with Crippen LogP contribution in [0.3, 0.4) is 0 Å². The van der Waals surface area contributed by atoms with E-state index in [4.69, 9.17) is 10.5 Å². The van der Waals surface area contributed by atoms with Crippen LogP contribution in [0.4, 0.5) is 14.5 Å². The average Bonchev–Trinajstić information content (AvgIpc) is 2.69. The summed E-state index contributed by atoms with van der Waals surface area (Å²) in [6, 6.07) is 6.65. The minimum Gasteiger partial charge on any atom is -0.378 e. The lowest BCUT2D eigenvalue weighted by Crippen LogP contribution is -2.46. The number of fused-ring (bicyclic) bond motifs is 1. The van der Waals surface area contributed by atoms with E-state index in [1.807, 2.05) is 0 Å². The number of aromatic nitrogens is 1. The third-order valence-electron chi connectivity index (χ3n) is 4.85. The van der Waals surface area contributed by atoms with E-state index in [9.17, 15) is 13.6 Å². The number of hydrogen-bond acceptors (Lipinski definition) is 6. The molecule has 0 aliphatic carbocycles. The lowest BCUT2D eigenvalue weighted by atomic mass is 9.84. The predicted octanol–water partition coefficient (Wildman–Crippen LogP) is 3.25. The summed E-state index contributed by atoms with van der Waals surface area (Å²) in [6.07, 6.45) is 2.68. The molecule has 9 heteroatoms. The van der Waals surface area contributed by atoms with Gasteiger partial charge in [0.2, 0.25) is 0 Å². The molecule has 1 amide bonds. The molecule has 146 valence electrons. The Kier molecular flexibility index (Phi) is 5.03. The van der Waals surface area contributed by atoms with Crippen LogP contribution >= 0.6 is 11.8 Å². The summed E-state index contributed by atoms with van der Waals surface area (Å²) in [6.45, 7) is 0.452. The summed E-state index contributed by atoms with van der Waals surface area (Å²) >= 11 is 1.43. The van der Waals surface area contributed by atoms with Crippen LogP contribution in [0, 0.1) is 17.6 Å². The Labute approximate surface area is 164 Å². The van der Waals surface area contributed by atoms with E-state index in [1.165, 1.54) is 36.0 Å². The second-order valence-corrected chi connectivity index (χ2v) is 7.70. The zero-order chi connectivity index (χ0) is 19.7. The first kappa shape index (κ1) is 18.8. The molecule has 0 saturated carbocycles. The van der Waals surface area contributed by atoms with Crippen molar-refractivity contribution in [3.05, 3.63) is 59.4 Å². The number of anilines is 1. The number of nitrogens with zero attached hydrogens (tertiary/aromatic N) is 2. The highest BCUT2D eigenvalue weighted by Gasteiger charge is 2.48. The van der Waals surface area contributed by atoms with Crippen LogP contribution in [0.15, 0.2) is 41.5 Å². The third-order valence-corrected chi connectivity index (χ3v) is 5.81. The maximum atomic E-state index is 14.8. The maximum absolute atomic E-state index is 14.8. The molecule has 4 rings (SSSR count). The van der Waals surface area contributed by atoms with Crippen molar-refractivity contribution in [2.75, 3.05) is 17.7 Å². The van der Waals surface area contributed by atoms with E-state index in [-0.39, 0.29) is 17.2 Å². The van der Waals surface area contributed by atoms with Crippen molar-refractivity contribution in [3.8, 4) is 0 Å². The molecule has 0 radical (unpaired) electrons. The highest BCUT2D eigenvalue weighted by atomic mass is 32.2. The summed E-state index contributed by atoms with van der Waals surface area (Å²) in [4.78, 5) is 20.6. The topological polar surface area (TPSA) is 89.6 Å². The van der Waals surface area contributed by atoms with Crippen LogP contribution in [-0.4, -0.2) is 28.4 Å². The van der Waals surface area contributed by atoms with E-state index in [1.54, 1.807) is 0 Å². The highest BCUT2D eigenvalue weighted by molar-refractivity contribution is 8.13. The van der Waals surface area contributed by atoms with Crippen molar-refractivity contribution in [3.63, 3.8) is 0 Å². The maximum Gasteiger partial charge on any atom is 0.274 e. The largest absolute Gasteiger partial charge is 0.378 e. The van der Waals surface area contributed by atoms with Crippen molar-refractivity contribution in [2.45, 2.75) is 18.6 Å². The number of ether oxygens (including phenoxy) is 1. The summed E-state index contributed by atoms with van der Waals surface area (Å²) in [7, 11) is 0. The minimum atomic E-state index is -1.19. The number of hydrogen-bond donors (Lipinski definition) is 2. The number of amidine groups is 1. The van der Waals surface area contributed by atoms with E-state index in [2.05, 4.69) is 15.3 Å². The molecule has 2 aliphatic heterocycles. The number of benzene rings is 1. The molecular formula is C19H18F2N4O2S. The Balaban J connectivity index is 1.68. The molecule has 6 nitrogen and oxygen atoms in total. The molecule has 28 heavy (non-hydrogen) atoms. The van der Waals surface area contributed by atoms with Crippen molar-refractivity contribution in [2.24, 2.45) is 16.6 Å². The molecule has 0 spiro atoms. The van der Waals surface area contributed by atoms with E-state index in [0.29, 0.717) is 23.2 Å². The Morgan fingerprint density at radius 2 is 2.18 bits per heavy atom. The van der Waals surface area contributed by atoms with Crippen LogP contribution in [0.25, 0.3) is 0 Å². The molecule has 1 saturated heterocycles. The van der Waals surface area contributed by atoms with Crippen LogP contribution in [0.1, 0.15) is 28.9 Å². The number of rotatable bonds is 3. The first-order valence-corrected chi connectivity index (χ1v) is 9.81. The van der Waals surface area contributed by atoms with Gasteiger partial charge in [0.05, 0.1) is 6.20 Å². The van der Waals surface area contributed by atoms with Gasteiger partial charge in [-0.15, -0.1) is 0 Å². The van der Waals surface area contributed by atoms with Crippen molar-refractivity contribution >= 4 is 28.5 Å². The molecular weight excluding hydrogens is 386 g/mol. The molecule has 2 atom stereocenters. The van der Waals surface area contributed by atoms with Crippen LogP contribution in [-0.2, 0) is 10.5 Å². The molecule has 3 heterocycles. The lowest BCUT2D eigenvalue weighted by molar-refractivity contribution is -0.115. The summed E-state index contributed by atoms with van der Waals surface area (Å²) < 4.78 is 33.8. The van der Waals surface area contributed by atoms with E-state index < -0.39 is 23.3 Å². The smallest absolute Gasteiger partial charge is 0.274 e. The quantitative estimate of drug-likeness (QED) is 0.820. The summed E-state index contributed by atoms with van der Waals surface area (Å²) in [5, 5.41) is 3.01. The lowest BCUT2D eigenvalue weighted by Gasteiger charge is -2.43. The number of carbonyl (C=O) groups is 1. The second kappa shape index (κ2) is 7.48. The van der Waals surface area contributed by atoms with Gasteiger partial charge in [-0.2, -0.15) is 0 Å². The van der Waals surface area contributed by atoms with Gasteiger partial charge < -0.3 is 15.8 Å². The summed E-state index contributed by atoms with van der Waals surface area (Å²) in [5.41, 5.74) is 5.39. The Morgan fingerprint density at radius 1 is 1.32 bits per heavy atom. The number of carbonyl (C=O) groups excluding carboxylic acids is 1. The van der Waals surface area contributed by atoms with Crippen LogP contribution < -0.4 is 11.1 Å². The Bertz CT molecular complexity index is 938. The molecule has 2 aromatic rings. The monoisotopic (exact) mass is 404 g/mol. The highest BCUT2D eigenvalue weighted by Crippen LogP contribution is 2.47. The van der Waals surface area contributed by atoms with Crippen LogP contribution in [0.5, 0.6) is 0 Å². The number of aliphatic imine (C=N–C) groups is 1. The fraction of sp³-hybridized carbons (Fsp3) is 0.316. The fourth-order valence-electron chi connectivity index (χ4n) is 3.51. The molecule has 0 unspecified atom stereocenters. The van der Waals surface area contributed by atoms with Gasteiger partial charge in [-0.25, -0.2) is 18.8 Å². The van der Waals surface area contributed by atoms with Gasteiger partial charge in [0.1, 0.15) is 17.3 Å². The molecule has 2 aliphatic rings. The average molecular weight is 404 g/mol. The molecule has 0 bridgehead atoms. The molecule has 1 fully saturated rings. The van der Waals surface area contributed by atoms with Crippen molar-refractivity contribution in [1.82, 2.24) is 4.98 Å². The number of halogens is 2. The van der Waals surface area contributed by atoms with E-state index in [0.717, 1.165) is 25.1 Å². The second-order valence-electron chi connectivity index (χ2n) is 6.66. The van der Waals surface area contributed by atoms with E-state index >= 15 is 0 Å².